The zero-order valence-electron chi connectivity index (χ0n) is 11.7. The summed E-state index contributed by atoms with van der Waals surface area (Å²) in [5, 5.41) is 10.2. The largest absolute Gasteiger partial charge is 0.386 e. The van der Waals surface area contributed by atoms with E-state index in [0.717, 1.165) is 5.75 Å². The zero-order chi connectivity index (χ0) is 14.0. The van der Waals surface area contributed by atoms with Crippen LogP contribution in [0.1, 0.15) is 29.8 Å². The molecule has 0 atom stereocenters. The van der Waals surface area contributed by atoms with Crippen LogP contribution in [0.25, 0.3) is 0 Å². The second-order valence-electron chi connectivity index (χ2n) is 5.55. The lowest BCUT2D eigenvalue weighted by Gasteiger charge is -2.49. The van der Waals surface area contributed by atoms with Gasteiger partial charge in [0, 0.05) is 11.3 Å². The lowest BCUT2D eigenvalue weighted by atomic mass is 9.82. The van der Waals surface area contributed by atoms with E-state index in [1.165, 1.54) is 5.56 Å². The van der Waals surface area contributed by atoms with Gasteiger partial charge in [-0.15, -0.1) is 0 Å². The second kappa shape index (κ2) is 5.55. The minimum atomic E-state index is -0.700. The van der Waals surface area contributed by atoms with Crippen LogP contribution in [0.4, 0.5) is 0 Å². The van der Waals surface area contributed by atoms with Gasteiger partial charge in [-0.1, -0.05) is 26.0 Å². The molecule has 3 nitrogen and oxygen atoms in total. The third kappa shape index (κ3) is 2.95. The predicted molar refractivity (Wildman–Crippen MR) is 79.4 cm³/mol. The molecule has 19 heavy (non-hydrogen) atoms. The predicted octanol–water partition coefficient (Wildman–Crippen LogP) is 2.39. The average molecular weight is 279 g/mol. The summed E-state index contributed by atoms with van der Waals surface area (Å²) in [5.41, 5.74) is 1.23. The molecule has 0 spiro atoms. The Morgan fingerprint density at radius 3 is 2.42 bits per heavy atom. The zero-order valence-corrected chi connectivity index (χ0v) is 12.5. The summed E-state index contributed by atoms with van der Waals surface area (Å²) in [6.45, 7) is 4.85. The van der Waals surface area contributed by atoms with E-state index in [1.807, 2.05) is 38.1 Å². The van der Waals surface area contributed by atoms with Crippen LogP contribution in [-0.4, -0.2) is 40.9 Å². The van der Waals surface area contributed by atoms with Crippen molar-refractivity contribution in [3.05, 3.63) is 35.4 Å². The van der Waals surface area contributed by atoms with Crippen LogP contribution in [0.15, 0.2) is 24.3 Å². The second-order valence-corrected chi connectivity index (χ2v) is 6.42. The summed E-state index contributed by atoms with van der Waals surface area (Å²) in [6.07, 6.45) is 2.06. The van der Waals surface area contributed by atoms with Crippen molar-refractivity contribution in [3.8, 4) is 0 Å². The van der Waals surface area contributed by atoms with Gasteiger partial charge in [0.25, 0.3) is 5.91 Å². The summed E-state index contributed by atoms with van der Waals surface area (Å²) < 4.78 is 0. The highest BCUT2D eigenvalue weighted by atomic mass is 32.2. The van der Waals surface area contributed by atoms with Crippen LogP contribution in [-0.2, 0) is 5.75 Å². The van der Waals surface area contributed by atoms with Crippen molar-refractivity contribution in [2.24, 2.45) is 5.92 Å². The monoisotopic (exact) mass is 279 g/mol. The van der Waals surface area contributed by atoms with Crippen molar-refractivity contribution in [2.75, 3.05) is 19.3 Å². The van der Waals surface area contributed by atoms with Gasteiger partial charge in [0.1, 0.15) is 5.60 Å². The first-order chi connectivity index (χ1) is 8.96. The SMILES string of the molecule is CSCc1ccc(C(=O)N2CC(O)(C(C)C)C2)cc1. The number of hydrogen-bond donors (Lipinski definition) is 1. The molecule has 1 aromatic rings. The molecule has 0 saturated carbocycles. The maximum absolute atomic E-state index is 12.2. The van der Waals surface area contributed by atoms with Crippen LogP contribution < -0.4 is 0 Å². The Bertz CT molecular complexity index is 450. The fraction of sp³-hybridized carbons (Fsp3) is 0.533. The fourth-order valence-corrected chi connectivity index (χ4v) is 2.74. The molecule has 0 aliphatic carbocycles. The highest BCUT2D eigenvalue weighted by Gasteiger charge is 2.45. The number of hydrogen-bond acceptors (Lipinski definition) is 3. The van der Waals surface area contributed by atoms with Crippen LogP contribution in [0, 0.1) is 5.92 Å². The Labute approximate surface area is 119 Å². The van der Waals surface area contributed by atoms with Crippen molar-refractivity contribution in [3.63, 3.8) is 0 Å². The quantitative estimate of drug-likeness (QED) is 0.920. The van der Waals surface area contributed by atoms with E-state index >= 15 is 0 Å². The van der Waals surface area contributed by atoms with Crippen LogP contribution in [0.2, 0.25) is 0 Å². The third-order valence-electron chi connectivity index (χ3n) is 3.80. The standard InChI is InChI=1S/C15H21NO2S/c1-11(2)15(18)9-16(10-15)14(17)13-6-4-12(5-7-13)8-19-3/h4-7,11,18H,8-10H2,1-3H3. The minimum absolute atomic E-state index is 0.0148. The Morgan fingerprint density at radius 2 is 1.95 bits per heavy atom. The molecule has 1 aliphatic heterocycles. The first kappa shape index (κ1) is 14.4. The van der Waals surface area contributed by atoms with Gasteiger partial charge in [0.05, 0.1) is 13.1 Å². The van der Waals surface area contributed by atoms with Crippen molar-refractivity contribution in [1.29, 1.82) is 0 Å². The topological polar surface area (TPSA) is 40.5 Å². The Kier molecular flexibility index (Phi) is 4.21. The molecule has 4 heteroatoms. The molecular weight excluding hydrogens is 258 g/mol. The van der Waals surface area contributed by atoms with E-state index in [2.05, 4.69) is 6.26 Å². The van der Waals surface area contributed by atoms with Crippen LogP contribution in [0.5, 0.6) is 0 Å². The number of rotatable bonds is 4. The van der Waals surface area contributed by atoms with Gasteiger partial charge in [-0.3, -0.25) is 4.79 Å². The highest BCUT2D eigenvalue weighted by Crippen LogP contribution is 2.29. The summed E-state index contributed by atoms with van der Waals surface area (Å²) in [4.78, 5) is 13.9. The normalized spacial score (nSPS) is 17.4. The molecule has 104 valence electrons. The summed E-state index contributed by atoms with van der Waals surface area (Å²) in [6, 6.07) is 7.75. The van der Waals surface area contributed by atoms with Gasteiger partial charge >= 0.3 is 0 Å². The van der Waals surface area contributed by atoms with Gasteiger partial charge < -0.3 is 10.0 Å². The van der Waals surface area contributed by atoms with E-state index in [4.69, 9.17) is 0 Å². The summed E-state index contributed by atoms with van der Waals surface area (Å²) in [5.74, 6) is 1.16. The van der Waals surface area contributed by atoms with Crippen molar-refractivity contribution < 1.29 is 9.90 Å². The molecule has 0 aromatic heterocycles. The Balaban J connectivity index is 1.98. The van der Waals surface area contributed by atoms with Gasteiger partial charge in [0.15, 0.2) is 0 Å². The molecule has 1 saturated heterocycles. The molecule has 1 aromatic carbocycles. The molecule has 1 amide bonds. The average Bonchev–Trinajstić information content (AvgIpc) is 2.35. The lowest BCUT2D eigenvalue weighted by Crippen LogP contribution is -2.65. The summed E-state index contributed by atoms with van der Waals surface area (Å²) in [7, 11) is 0. The van der Waals surface area contributed by atoms with E-state index < -0.39 is 5.60 Å². The van der Waals surface area contributed by atoms with Crippen LogP contribution >= 0.6 is 11.8 Å². The van der Waals surface area contributed by atoms with Crippen molar-refractivity contribution in [1.82, 2.24) is 4.90 Å². The first-order valence-corrected chi connectivity index (χ1v) is 7.95. The molecule has 0 unspecified atom stereocenters. The molecule has 1 heterocycles. The lowest BCUT2D eigenvalue weighted by molar-refractivity contribution is -0.110. The fourth-order valence-electron chi connectivity index (χ4n) is 2.22. The number of amides is 1. The number of aliphatic hydroxyl groups is 1. The van der Waals surface area contributed by atoms with Gasteiger partial charge in [0.2, 0.25) is 0 Å². The molecular formula is C15H21NO2S. The number of benzene rings is 1. The first-order valence-electron chi connectivity index (χ1n) is 6.56. The molecule has 1 aliphatic rings. The number of likely N-dealkylation sites (tertiary alicyclic amines) is 1. The summed E-state index contributed by atoms with van der Waals surface area (Å²) >= 11 is 1.77. The smallest absolute Gasteiger partial charge is 0.254 e. The van der Waals surface area contributed by atoms with E-state index in [9.17, 15) is 9.90 Å². The molecule has 0 radical (unpaired) electrons. The number of nitrogens with zero attached hydrogens (tertiary/aromatic N) is 1. The van der Waals surface area contributed by atoms with Gasteiger partial charge in [-0.2, -0.15) is 11.8 Å². The van der Waals surface area contributed by atoms with E-state index in [-0.39, 0.29) is 11.8 Å². The minimum Gasteiger partial charge on any atom is -0.386 e. The number of carbonyl (C=O) groups is 1. The molecule has 2 rings (SSSR count). The van der Waals surface area contributed by atoms with Crippen molar-refractivity contribution in [2.45, 2.75) is 25.2 Å². The molecule has 0 bridgehead atoms. The molecule has 1 N–H and O–H groups in total. The number of thioether (sulfide) groups is 1. The van der Waals surface area contributed by atoms with E-state index in [1.54, 1.807) is 16.7 Å². The van der Waals surface area contributed by atoms with E-state index in [0.29, 0.717) is 18.7 Å². The Hall–Kier alpha value is -1.00. The highest BCUT2D eigenvalue weighted by molar-refractivity contribution is 7.97. The maximum Gasteiger partial charge on any atom is 0.254 e. The van der Waals surface area contributed by atoms with Gasteiger partial charge in [-0.25, -0.2) is 0 Å². The maximum atomic E-state index is 12.2. The van der Waals surface area contributed by atoms with Crippen LogP contribution in [0.3, 0.4) is 0 Å². The Morgan fingerprint density at radius 1 is 1.37 bits per heavy atom. The number of β-amino-alcohol motifs (C(OH)–C–C–N with tert-alkyl or cyclic N) is 1. The number of carbonyl (C=O) groups excluding carboxylic acids is 1. The van der Waals surface area contributed by atoms with Crippen molar-refractivity contribution >= 4 is 17.7 Å². The third-order valence-corrected chi connectivity index (χ3v) is 4.43. The molecule has 1 fully saturated rings. The van der Waals surface area contributed by atoms with Gasteiger partial charge in [-0.05, 0) is 29.9 Å².